The summed E-state index contributed by atoms with van der Waals surface area (Å²) >= 11 is 3.50. The van der Waals surface area contributed by atoms with E-state index in [0.717, 1.165) is 11.3 Å². The number of rotatable bonds is 4. The zero-order valence-corrected chi connectivity index (χ0v) is 13.1. The first kappa shape index (κ1) is 14.7. The molecule has 20 heavy (non-hydrogen) atoms. The van der Waals surface area contributed by atoms with Gasteiger partial charge in [-0.3, -0.25) is 9.78 Å². The molecule has 3 nitrogen and oxygen atoms in total. The van der Waals surface area contributed by atoms with Crippen LogP contribution in [0.4, 0.5) is 0 Å². The average Bonchev–Trinajstić information content (AvgIpc) is 2.48. The number of carbonyl (C=O) groups is 1. The Bertz CT molecular complexity index is 600. The highest BCUT2D eigenvalue weighted by Gasteiger charge is 2.27. The summed E-state index contributed by atoms with van der Waals surface area (Å²) in [6.07, 6.45) is 1.65. The Morgan fingerprint density at radius 3 is 2.60 bits per heavy atom. The fourth-order valence-corrected chi connectivity index (χ4v) is 2.46. The van der Waals surface area contributed by atoms with Crippen molar-refractivity contribution < 1.29 is 4.79 Å². The number of hydrogen-bond donors (Lipinski definition) is 1. The number of aryl methyl sites for hydroxylation is 1. The number of carbonyl (C=O) groups excluding carboxylic acids is 1. The fraction of sp³-hybridized carbons (Fsp3) is 0.250. The van der Waals surface area contributed by atoms with Crippen LogP contribution in [0, 0.1) is 6.92 Å². The summed E-state index contributed by atoms with van der Waals surface area (Å²) in [5.74, 6) is -0.0960. The Balaban J connectivity index is 2.24. The lowest BCUT2D eigenvalue weighted by molar-refractivity contribution is 0.0914. The van der Waals surface area contributed by atoms with E-state index >= 15 is 0 Å². The molecule has 0 aliphatic heterocycles. The van der Waals surface area contributed by atoms with Gasteiger partial charge in [0.05, 0.1) is 5.54 Å². The number of hydrogen-bond acceptors (Lipinski definition) is 2. The van der Waals surface area contributed by atoms with Crippen LogP contribution < -0.4 is 5.32 Å². The third kappa shape index (κ3) is 3.25. The molecule has 0 aliphatic rings. The van der Waals surface area contributed by atoms with Crippen molar-refractivity contribution in [3.63, 3.8) is 0 Å². The molecule has 0 fully saturated rings. The monoisotopic (exact) mass is 332 g/mol. The number of benzene rings is 1. The zero-order valence-electron chi connectivity index (χ0n) is 11.6. The number of nitrogens with one attached hydrogen (secondary N) is 1. The van der Waals surface area contributed by atoms with Crippen LogP contribution in [-0.4, -0.2) is 16.2 Å². The second-order valence-corrected chi connectivity index (χ2v) is 5.53. The van der Waals surface area contributed by atoms with E-state index in [-0.39, 0.29) is 5.91 Å². The molecule has 1 N–H and O–H groups in total. The van der Waals surface area contributed by atoms with Gasteiger partial charge >= 0.3 is 0 Å². The van der Waals surface area contributed by atoms with Gasteiger partial charge in [-0.1, -0.05) is 46.3 Å². The van der Waals surface area contributed by atoms with Gasteiger partial charge in [0.2, 0.25) is 0 Å². The molecule has 1 atom stereocenters. The summed E-state index contributed by atoms with van der Waals surface area (Å²) in [5.41, 5.74) is 2.07. The molecule has 0 saturated carbocycles. The van der Waals surface area contributed by atoms with Crippen LogP contribution >= 0.6 is 15.9 Å². The van der Waals surface area contributed by atoms with Gasteiger partial charge in [0.1, 0.15) is 0 Å². The van der Waals surface area contributed by atoms with Gasteiger partial charge in [0, 0.05) is 22.8 Å². The van der Waals surface area contributed by atoms with Crippen LogP contribution in [0.1, 0.15) is 28.5 Å². The number of alkyl halides is 1. The molecule has 1 unspecified atom stereocenters. The summed E-state index contributed by atoms with van der Waals surface area (Å²) in [6.45, 7) is 3.88. The van der Waals surface area contributed by atoms with Crippen molar-refractivity contribution in [2.75, 3.05) is 5.33 Å². The van der Waals surface area contributed by atoms with Crippen molar-refractivity contribution in [3.05, 3.63) is 65.5 Å². The lowest BCUT2D eigenvalue weighted by Crippen LogP contribution is -2.44. The molecule has 2 aromatic rings. The molecule has 0 bridgehead atoms. The second-order valence-electron chi connectivity index (χ2n) is 4.97. The van der Waals surface area contributed by atoms with Crippen LogP contribution in [0.15, 0.2) is 48.7 Å². The van der Waals surface area contributed by atoms with Crippen molar-refractivity contribution >= 4 is 21.8 Å². The SMILES string of the molecule is Cc1cc(C(=O)NC(C)(CBr)c2ccccc2)ccn1. The average molecular weight is 333 g/mol. The van der Waals surface area contributed by atoms with Crippen LogP contribution in [-0.2, 0) is 5.54 Å². The van der Waals surface area contributed by atoms with Crippen molar-refractivity contribution in [3.8, 4) is 0 Å². The molecule has 1 aromatic heterocycles. The third-order valence-electron chi connectivity index (χ3n) is 3.23. The number of aromatic nitrogens is 1. The largest absolute Gasteiger partial charge is 0.342 e. The molecular formula is C16H17BrN2O. The molecule has 0 saturated heterocycles. The number of halogens is 1. The Kier molecular flexibility index (Phi) is 4.55. The Labute approximate surface area is 127 Å². The Hall–Kier alpha value is -1.68. The zero-order chi connectivity index (χ0) is 14.6. The second kappa shape index (κ2) is 6.18. The van der Waals surface area contributed by atoms with E-state index < -0.39 is 5.54 Å². The standard InChI is InChI=1S/C16H17BrN2O/c1-12-10-13(8-9-18-12)15(20)19-16(2,11-17)14-6-4-3-5-7-14/h3-10H,11H2,1-2H3,(H,19,20). The minimum atomic E-state index is -0.449. The molecule has 1 amide bonds. The molecule has 0 radical (unpaired) electrons. The molecule has 2 rings (SSSR count). The summed E-state index contributed by atoms with van der Waals surface area (Å²) in [7, 11) is 0. The quantitative estimate of drug-likeness (QED) is 0.871. The van der Waals surface area contributed by atoms with E-state index in [1.165, 1.54) is 0 Å². The van der Waals surface area contributed by atoms with Gasteiger partial charge in [-0.2, -0.15) is 0 Å². The molecule has 1 heterocycles. The first-order chi connectivity index (χ1) is 9.55. The summed E-state index contributed by atoms with van der Waals surface area (Å²) < 4.78 is 0. The smallest absolute Gasteiger partial charge is 0.252 e. The van der Waals surface area contributed by atoms with E-state index in [2.05, 4.69) is 26.2 Å². The molecule has 104 valence electrons. The molecule has 1 aromatic carbocycles. The van der Waals surface area contributed by atoms with Crippen LogP contribution in [0.5, 0.6) is 0 Å². The van der Waals surface area contributed by atoms with Gasteiger partial charge in [-0.25, -0.2) is 0 Å². The van der Waals surface area contributed by atoms with Crippen molar-refractivity contribution in [2.45, 2.75) is 19.4 Å². The fourth-order valence-electron chi connectivity index (χ4n) is 2.00. The summed E-state index contributed by atoms with van der Waals surface area (Å²) in [5, 5.41) is 3.73. The Morgan fingerprint density at radius 2 is 2.00 bits per heavy atom. The minimum absolute atomic E-state index is 0.0960. The first-order valence-electron chi connectivity index (χ1n) is 6.42. The van der Waals surface area contributed by atoms with Gasteiger partial charge in [0.25, 0.3) is 5.91 Å². The van der Waals surface area contributed by atoms with Crippen LogP contribution in [0.2, 0.25) is 0 Å². The molecule has 0 spiro atoms. The molecule has 4 heteroatoms. The van der Waals surface area contributed by atoms with Gasteiger partial charge < -0.3 is 5.32 Å². The maximum atomic E-state index is 12.4. The highest BCUT2D eigenvalue weighted by molar-refractivity contribution is 9.09. The third-order valence-corrected chi connectivity index (χ3v) is 4.35. The van der Waals surface area contributed by atoms with E-state index in [9.17, 15) is 4.79 Å². The van der Waals surface area contributed by atoms with Gasteiger partial charge in [0.15, 0.2) is 0 Å². The first-order valence-corrected chi connectivity index (χ1v) is 7.54. The molecular weight excluding hydrogens is 316 g/mol. The predicted molar refractivity (Wildman–Crippen MR) is 84.0 cm³/mol. The predicted octanol–water partition coefficient (Wildman–Crippen LogP) is 3.43. The van der Waals surface area contributed by atoms with Crippen LogP contribution in [0.3, 0.4) is 0 Å². The number of nitrogens with zero attached hydrogens (tertiary/aromatic N) is 1. The highest BCUT2D eigenvalue weighted by Crippen LogP contribution is 2.23. The van der Waals surface area contributed by atoms with Crippen molar-refractivity contribution in [1.29, 1.82) is 0 Å². The number of pyridine rings is 1. The lowest BCUT2D eigenvalue weighted by Gasteiger charge is -2.29. The van der Waals surface area contributed by atoms with E-state index in [1.54, 1.807) is 18.3 Å². The number of amides is 1. The normalized spacial score (nSPS) is 13.6. The Morgan fingerprint density at radius 1 is 1.30 bits per heavy atom. The van der Waals surface area contributed by atoms with E-state index in [4.69, 9.17) is 0 Å². The maximum Gasteiger partial charge on any atom is 0.252 e. The van der Waals surface area contributed by atoms with Crippen molar-refractivity contribution in [1.82, 2.24) is 10.3 Å². The van der Waals surface area contributed by atoms with Crippen LogP contribution in [0.25, 0.3) is 0 Å². The highest BCUT2D eigenvalue weighted by atomic mass is 79.9. The van der Waals surface area contributed by atoms with Gasteiger partial charge in [-0.05, 0) is 31.5 Å². The lowest BCUT2D eigenvalue weighted by atomic mass is 9.94. The summed E-state index contributed by atoms with van der Waals surface area (Å²) in [6, 6.07) is 13.4. The maximum absolute atomic E-state index is 12.4. The molecule has 0 aliphatic carbocycles. The minimum Gasteiger partial charge on any atom is -0.342 e. The van der Waals surface area contributed by atoms with E-state index in [0.29, 0.717) is 10.9 Å². The topological polar surface area (TPSA) is 42.0 Å². The van der Waals surface area contributed by atoms with Crippen molar-refractivity contribution in [2.24, 2.45) is 0 Å². The summed E-state index contributed by atoms with van der Waals surface area (Å²) in [4.78, 5) is 16.5. The van der Waals surface area contributed by atoms with E-state index in [1.807, 2.05) is 44.2 Å². The van der Waals surface area contributed by atoms with Gasteiger partial charge in [-0.15, -0.1) is 0 Å².